The van der Waals surface area contributed by atoms with E-state index < -0.39 is 5.47 Å². The maximum atomic E-state index is 14.2. The molecule has 0 radical (unpaired) electrons. The van der Waals surface area contributed by atoms with Crippen molar-refractivity contribution in [2.45, 2.75) is 11.9 Å². The molecule has 11 heteroatoms. The van der Waals surface area contributed by atoms with Crippen molar-refractivity contribution in [2.75, 3.05) is 11.1 Å². The highest BCUT2D eigenvalue weighted by Crippen LogP contribution is 2.38. The fourth-order valence-corrected chi connectivity index (χ4v) is 2.84. The number of nitrogen functional groups attached to an aromatic ring is 1. The second-order valence-electron chi connectivity index (χ2n) is 7.19. The highest BCUT2D eigenvalue weighted by Gasteiger charge is 2.43. The molecule has 2 heterocycles. The Morgan fingerprint density at radius 2 is 2.21 bits per heavy atom. The van der Waals surface area contributed by atoms with Crippen LogP contribution >= 0.6 is 0 Å². The third-order valence-electron chi connectivity index (χ3n) is 4.64. The number of hydrogen-bond acceptors (Lipinski definition) is 7. The lowest BCUT2D eigenvalue weighted by molar-refractivity contribution is -0.117. The Balaban J connectivity index is 2.00. The number of fused-ring (bicyclic) bond motifs is 1. The maximum absolute atomic E-state index is 14.2. The molecule has 0 aliphatic heterocycles. The maximum Gasteiger partial charge on any atom is 0.230 e. The minimum Gasteiger partial charge on any atom is -0.400 e. The zero-order valence-corrected chi connectivity index (χ0v) is 15.5. The van der Waals surface area contributed by atoms with Gasteiger partial charge in [-0.05, 0) is 23.9 Å². The van der Waals surface area contributed by atoms with E-state index in [-0.39, 0.29) is 40.5 Å². The van der Waals surface area contributed by atoms with Crippen LogP contribution in [0.3, 0.4) is 0 Å². The monoisotopic (exact) mass is 377 g/mol. The number of aromatic nitrogens is 2. The Hall–Kier alpha value is -3.41. The predicted octanol–water partition coefficient (Wildman–Crippen LogP) is -0.481. The van der Waals surface area contributed by atoms with E-state index in [1.807, 2.05) is 0 Å². The number of rotatable bonds is 5. The summed E-state index contributed by atoms with van der Waals surface area (Å²) in [4.78, 5) is 20.5. The normalized spacial score (nSPS) is 19.4. The third-order valence-corrected chi connectivity index (χ3v) is 4.64. The minimum absolute atomic E-state index is 0.123. The van der Waals surface area contributed by atoms with Gasteiger partial charge in [0.05, 0.1) is 29.1 Å². The molecular weight excluding hydrogens is 359 g/mol. The van der Waals surface area contributed by atoms with Crippen LogP contribution in [0.4, 0.5) is 16.0 Å². The van der Waals surface area contributed by atoms with Gasteiger partial charge in [-0.1, -0.05) is 0 Å². The fourth-order valence-electron chi connectivity index (χ4n) is 2.84. The molecule has 140 valence electrons. The molecule has 28 heavy (non-hydrogen) atoms. The van der Waals surface area contributed by atoms with Crippen LogP contribution in [0.15, 0.2) is 24.0 Å². The van der Waals surface area contributed by atoms with Gasteiger partial charge in [0.25, 0.3) is 0 Å². The van der Waals surface area contributed by atoms with E-state index in [0.717, 1.165) is 6.21 Å². The molecule has 6 N–H and O–H groups in total. The number of halogens is 1. The number of carbonyl (C=O) groups is 1. The number of allylic oxidation sites excluding steroid dienone is 2. The van der Waals surface area contributed by atoms with Crippen LogP contribution in [-0.4, -0.2) is 43.2 Å². The first kappa shape index (κ1) is 19.4. The number of nitrogens with one attached hydrogen (secondary N) is 2. The molecule has 8 nitrogen and oxygen atoms in total. The third kappa shape index (κ3) is 3.67. The number of carbonyl (C=O) groups excluding carboxylic acids is 1. The number of nitriles is 1. The molecule has 1 fully saturated rings. The van der Waals surface area contributed by atoms with Crippen LogP contribution in [-0.2, 0) is 4.79 Å². The van der Waals surface area contributed by atoms with Crippen molar-refractivity contribution in [3.8, 4) is 6.07 Å². The molecule has 1 aliphatic carbocycles. The Bertz CT molecular complexity index is 1060. The van der Waals surface area contributed by atoms with Crippen LogP contribution in [0.2, 0.25) is 0 Å². The lowest BCUT2D eigenvalue weighted by Gasteiger charge is -2.18. The number of anilines is 2. The number of hydrogen-bond donors (Lipinski definition) is 4. The smallest absolute Gasteiger partial charge is 0.230 e. The Labute approximate surface area is 162 Å². The SMILES string of the molecule is BC(B)(F)/C(N)=C(/C=N)c1cc2cc(NC(=O)[C@H]3CC3C#N)ncc2c(N)n1. The summed E-state index contributed by atoms with van der Waals surface area (Å²) in [5.41, 5.74) is 10.3. The van der Waals surface area contributed by atoms with Gasteiger partial charge in [-0.25, -0.2) is 9.97 Å². The highest BCUT2D eigenvalue weighted by atomic mass is 19.1. The fraction of sp³-hybridized carbons (Fsp3) is 0.235. The summed E-state index contributed by atoms with van der Waals surface area (Å²) in [6, 6.07) is 5.28. The molecule has 3 rings (SSSR count). The summed E-state index contributed by atoms with van der Waals surface area (Å²) < 4.78 is 14.2. The largest absolute Gasteiger partial charge is 0.400 e. The Kier molecular flexibility index (Phi) is 4.81. The van der Waals surface area contributed by atoms with E-state index in [4.69, 9.17) is 22.1 Å². The topological polar surface area (TPSA) is 155 Å². The molecule has 0 saturated heterocycles. The van der Waals surface area contributed by atoms with Gasteiger partial charge in [0.2, 0.25) is 5.91 Å². The predicted molar refractivity (Wildman–Crippen MR) is 111 cm³/mol. The van der Waals surface area contributed by atoms with Gasteiger partial charge in [0, 0.05) is 29.1 Å². The van der Waals surface area contributed by atoms with Crippen molar-refractivity contribution in [1.82, 2.24) is 9.97 Å². The van der Waals surface area contributed by atoms with E-state index in [0.29, 0.717) is 23.0 Å². The molecule has 0 bridgehead atoms. The molecule has 0 aromatic carbocycles. The molecular formula is C17H18B2FN7O. The van der Waals surface area contributed by atoms with Crippen molar-refractivity contribution in [3.05, 3.63) is 29.7 Å². The zero-order chi connectivity index (χ0) is 20.6. The van der Waals surface area contributed by atoms with Crippen molar-refractivity contribution in [2.24, 2.45) is 17.6 Å². The standard InChI is InChI=1S/C17H18B2FN7O/c18-17(19,20)14(23)10(5-22)12-2-7-3-13(25-6-11(7)15(24)26-12)27-16(28)9-1-8(9)4-21/h2-3,5-6,8-9,22H,1,18-19,23H2,(H2,24,26)(H,25,27,28)/b14-10+,22-5?/t8?,9-/m0/s1. The lowest BCUT2D eigenvalue weighted by Crippen LogP contribution is -2.32. The molecule has 2 aromatic heterocycles. The Morgan fingerprint density at radius 3 is 2.79 bits per heavy atom. The summed E-state index contributed by atoms with van der Waals surface area (Å²) in [5.74, 6) is -0.381. The Morgan fingerprint density at radius 1 is 1.50 bits per heavy atom. The van der Waals surface area contributed by atoms with E-state index in [9.17, 15) is 9.18 Å². The molecule has 1 saturated carbocycles. The average molecular weight is 377 g/mol. The number of nitrogens with two attached hydrogens (primary N) is 2. The van der Waals surface area contributed by atoms with Gasteiger partial charge >= 0.3 is 0 Å². The van der Waals surface area contributed by atoms with Gasteiger partial charge in [-0.2, -0.15) is 5.26 Å². The van der Waals surface area contributed by atoms with Gasteiger partial charge in [0.15, 0.2) is 0 Å². The molecule has 1 aliphatic rings. The number of alkyl halides is 1. The summed E-state index contributed by atoms with van der Waals surface area (Å²) >= 11 is 0. The average Bonchev–Trinajstić information content (AvgIpc) is 3.41. The molecule has 2 aromatic rings. The molecule has 1 unspecified atom stereocenters. The first-order valence-corrected chi connectivity index (χ1v) is 8.62. The quantitative estimate of drug-likeness (QED) is 0.408. The van der Waals surface area contributed by atoms with Gasteiger partial charge in [0.1, 0.15) is 27.3 Å². The summed E-state index contributed by atoms with van der Waals surface area (Å²) in [5, 5.41) is 20.3. The van der Waals surface area contributed by atoms with Crippen molar-refractivity contribution < 1.29 is 9.18 Å². The van der Waals surface area contributed by atoms with E-state index >= 15 is 0 Å². The first-order valence-electron chi connectivity index (χ1n) is 8.62. The van der Waals surface area contributed by atoms with Gasteiger partial charge in [-0.15, -0.1) is 0 Å². The molecule has 2 atom stereocenters. The van der Waals surface area contributed by atoms with Crippen LogP contribution in [0, 0.1) is 28.6 Å². The van der Waals surface area contributed by atoms with Crippen LogP contribution in [0.5, 0.6) is 0 Å². The van der Waals surface area contributed by atoms with Gasteiger partial charge in [-0.3, -0.25) is 9.18 Å². The summed E-state index contributed by atoms with van der Waals surface area (Å²) in [6.45, 7) is 0. The van der Waals surface area contributed by atoms with Crippen LogP contribution in [0.1, 0.15) is 12.1 Å². The van der Waals surface area contributed by atoms with Crippen LogP contribution in [0.25, 0.3) is 16.3 Å². The zero-order valence-electron chi connectivity index (χ0n) is 15.5. The lowest BCUT2D eigenvalue weighted by atomic mass is 9.64. The number of pyridine rings is 2. The van der Waals surface area contributed by atoms with Crippen molar-refractivity contribution in [1.29, 1.82) is 10.7 Å². The van der Waals surface area contributed by atoms with E-state index in [1.165, 1.54) is 21.9 Å². The van der Waals surface area contributed by atoms with E-state index in [2.05, 4.69) is 21.4 Å². The minimum atomic E-state index is -1.84. The summed E-state index contributed by atoms with van der Waals surface area (Å²) in [6.07, 6.45) is 2.95. The van der Waals surface area contributed by atoms with Gasteiger partial charge < -0.3 is 22.2 Å². The van der Waals surface area contributed by atoms with Crippen molar-refractivity contribution >= 4 is 55.8 Å². The van der Waals surface area contributed by atoms with Crippen molar-refractivity contribution in [3.63, 3.8) is 0 Å². The molecule has 1 amide bonds. The summed E-state index contributed by atoms with van der Waals surface area (Å²) in [7, 11) is 2.58. The number of nitrogens with zero attached hydrogens (tertiary/aromatic N) is 3. The second-order valence-corrected chi connectivity index (χ2v) is 7.19. The number of amides is 1. The molecule has 0 spiro atoms. The highest BCUT2D eigenvalue weighted by molar-refractivity contribution is 6.42. The van der Waals surface area contributed by atoms with Crippen LogP contribution < -0.4 is 16.8 Å². The van der Waals surface area contributed by atoms with E-state index in [1.54, 1.807) is 12.1 Å². The first-order chi connectivity index (χ1) is 13.2. The second kappa shape index (κ2) is 6.96.